The minimum atomic E-state index is -0.756. The Kier molecular flexibility index (Phi) is 5.04. The molecule has 0 radical (unpaired) electrons. The lowest BCUT2D eigenvalue weighted by molar-refractivity contribution is 0.0627. The van der Waals surface area contributed by atoms with Crippen molar-refractivity contribution in [1.29, 1.82) is 0 Å². The second kappa shape index (κ2) is 7.79. The van der Waals surface area contributed by atoms with Gasteiger partial charge in [-0.25, -0.2) is 0 Å². The molecule has 2 N–H and O–H groups in total. The second-order valence-electron chi connectivity index (χ2n) is 6.98. The SMILES string of the molecule is Cc1ccc2ccc(OCC(O)COc3ccc4ccc(O)cc4c3)cc2c1. The molecule has 4 nitrogen and oxygen atoms in total. The van der Waals surface area contributed by atoms with E-state index in [1.54, 1.807) is 12.1 Å². The van der Waals surface area contributed by atoms with Crippen molar-refractivity contribution >= 4 is 21.5 Å². The van der Waals surface area contributed by atoms with Crippen molar-refractivity contribution in [2.24, 2.45) is 0 Å². The molecule has 28 heavy (non-hydrogen) atoms. The zero-order valence-electron chi connectivity index (χ0n) is 15.6. The van der Waals surface area contributed by atoms with Crippen molar-refractivity contribution in [2.45, 2.75) is 13.0 Å². The Morgan fingerprint density at radius 2 is 1.21 bits per heavy atom. The molecule has 1 unspecified atom stereocenters. The Morgan fingerprint density at radius 1 is 0.679 bits per heavy atom. The predicted molar refractivity (Wildman–Crippen MR) is 111 cm³/mol. The largest absolute Gasteiger partial charge is 0.508 e. The van der Waals surface area contributed by atoms with Crippen LogP contribution >= 0.6 is 0 Å². The first kappa shape index (κ1) is 18.1. The minimum Gasteiger partial charge on any atom is -0.508 e. The highest BCUT2D eigenvalue weighted by molar-refractivity contribution is 5.85. The third-order valence-corrected chi connectivity index (χ3v) is 4.65. The van der Waals surface area contributed by atoms with Crippen LogP contribution in [0.4, 0.5) is 0 Å². The molecular formula is C24H22O4. The topological polar surface area (TPSA) is 58.9 Å². The maximum absolute atomic E-state index is 10.2. The van der Waals surface area contributed by atoms with Gasteiger partial charge in [-0.1, -0.05) is 42.0 Å². The summed E-state index contributed by atoms with van der Waals surface area (Å²) >= 11 is 0. The molecule has 0 aliphatic carbocycles. The van der Waals surface area contributed by atoms with Gasteiger partial charge in [-0.05, 0) is 64.9 Å². The quantitative estimate of drug-likeness (QED) is 0.508. The van der Waals surface area contributed by atoms with Gasteiger partial charge in [0.25, 0.3) is 0 Å². The number of rotatable bonds is 6. The predicted octanol–water partition coefficient (Wildman–Crippen LogP) is 4.83. The van der Waals surface area contributed by atoms with Gasteiger partial charge in [0.2, 0.25) is 0 Å². The lowest BCUT2D eigenvalue weighted by atomic mass is 10.1. The summed E-state index contributed by atoms with van der Waals surface area (Å²) in [5.41, 5.74) is 1.20. The smallest absolute Gasteiger partial charge is 0.122 e. The summed E-state index contributed by atoms with van der Waals surface area (Å²) in [6.07, 6.45) is -0.756. The molecule has 0 aliphatic rings. The second-order valence-corrected chi connectivity index (χ2v) is 6.98. The number of hydrogen-bond donors (Lipinski definition) is 2. The molecule has 0 spiro atoms. The Morgan fingerprint density at radius 3 is 1.86 bits per heavy atom. The van der Waals surface area contributed by atoms with E-state index in [9.17, 15) is 10.2 Å². The van der Waals surface area contributed by atoms with Crippen LogP contribution in [0, 0.1) is 6.92 Å². The summed E-state index contributed by atoms with van der Waals surface area (Å²) in [6.45, 7) is 2.32. The van der Waals surface area contributed by atoms with E-state index in [1.165, 1.54) is 5.56 Å². The summed E-state index contributed by atoms with van der Waals surface area (Å²) in [6, 6.07) is 23.0. The van der Waals surface area contributed by atoms with Crippen LogP contribution < -0.4 is 9.47 Å². The number of ether oxygens (including phenoxy) is 2. The van der Waals surface area contributed by atoms with Gasteiger partial charge >= 0.3 is 0 Å². The van der Waals surface area contributed by atoms with Gasteiger partial charge in [0.15, 0.2) is 0 Å². The molecule has 4 aromatic carbocycles. The van der Waals surface area contributed by atoms with Gasteiger partial charge in [0.05, 0.1) is 0 Å². The minimum absolute atomic E-state index is 0.122. The van der Waals surface area contributed by atoms with Crippen LogP contribution in [0.3, 0.4) is 0 Å². The van der Waals surface area contributed by atoms with Crippen LogP contribution in [0.2, 0.25) is 0 Å². The molecule has 0 saturated heterocycles. The number of aliphatic hydroxyl groups excluding tert-OH is 1. The van der Waals surface area contributed by atoms with Gasteiger partial charge in [-0.3, -0.25) is 0 Å². The first-order valence-electron chi connectivity index (χ1n) is 9.24. The molecule has 4 aromatic rings. The fourth-order valence-electron chi connectivity index (χ4n) is 3.17. The van der Waals surface area contributed by atoms with Crippen LogP contribution in [0.25, 0.3) is 21.5 Å². The lowest BCUT2D eigenvalue weighted by Crippen LogP contribution is -2.25. The van der Waals surface area contributed by atoms with Gasteiger partial charge < -0.3 is 19.7 Å². The van der Waals surface area contributed by atoms with E-state index in [4.69, 9.17) is 9.47 Å². The number of aromatic hydroxyl groups is 1. The molecule has 0 saturated carbocycles. The first-order valence-corrected chi connectivity index (χ1v) is 9.24. The average molecular weight is 374 g/mol. The molecule has 0 fully saturated rings. The summed E-state index contributed by atoms with van der Waals surface area (Å²) < 4.78 is 11.4. The van der Waals surface area contributed by atoms with Gasteiger partial charge in [-0.15, -0.1) is 0 Å². The molecule has 142 valence electrons. The molecule has 0 bridgehead atoms. The monoisotopic (exact) mass is 374 g/mol. The maximum atomic E-state index is 10.2. The van der Waals surface area contributed by atoms with Crippen molar-refractivity contribution in [3.05, 3.63) is 78.4 Å². The third-order valence-electron chi connectivity index (χ3n) is 4.65. The van der Waals surface area contributed by atoms with Gasteiger partial charge in [-0.2, -0.15) is 0 Å². The number of aliphatic hydroxyl groups is 1. The van der Waals surface area contributed by atoms with Crippen molar-refractivity contribution in [2.75, 3.05) is 13.2 Å². The van der Waals surface area contributed by atoms with E-state index < -0.39 is 6.10 Å². The molecule has 0 aliphatic heterocycles. The number of hydrogen-bond acceptors (Lipinski definition) is 4. The zero-order chi connectivity index (χ0) is 19.5. The summed E-state index contributed by atoms with van der Waals surface area (Å²) in [7, 11) is 0. The first-order chi connectivity index (χ1) is 13.6. The molecule has 4 rings (SSSR count). The fourth-order valence-corrected chi connectivity index (χ4v) is 3.17. The van der Waals surface area contributed by atoms with Crippen LogP contribution in [0.5, 0.6) is 17.2 Å². The van der Waals surface area contributed by atoms with Gasteiger partial charge in [0, 0.05) is 0 Å². The highest BCUT2D eigenvalue weighted by Crippen LogP contribution is 2.25. The maximum Gasteiger partial charge on any atom is 0.122 e. The Labute approximate surface area is 163 Å². The number of benzene rings is 4. The number of phenols is 1. The standard InChI is InChI=1S/C24H22O4/c1-16-2-3-17-5-8-23(12-19(17)10-16)27-14-22(26)15-28-24-9-6-18-4-7-21(25)11-20(18)13-24/h2-13,22,25-26H,14-15H2,1H3. The van der Waals surface area contributed by atoms with Crippen molar-refractivity contribution in [3.8, 4) is 17.2 Å². The van der Waals surface area contributed by atoms with E-state index in [-0.39, 0.29) is 19.0 Å². The summed E-state index contributed by atoms with van der Waals surface area (Å²) in [4.78, 5) is 0. The van der Waals surface area contributed by atoms with Crippen LogP contribution in [-0.4, -0.2) is 29.5 Å². The van der Waals surface area contributed by atoms with Gasteiger partial charge in [0.1, 0.15) is 36.6 Å². The number of fused-ring (bicyclic) bond motifs is 2. The fraction of sp³-hybridized carbons (Fsp3) is 0.167. The highest BCUT2D eigenvalue weighted by Gasteiger charge is 2.08. The average Bonchev–Trinajstić information content (AvgIpc) is 2.70. The molecule has 1 atom stereocenters. The van der Waals surface area contributed by atoms with E-state index in [1.807, 2.05) is 42.5 Å². The molecule has 0 amide bonds. The van der Waals surface area contributed by atoms with Crippen molar-refractivity contribution in [1.82, 2.24) is 0 Å². The summed E-state index contributed by atoms with van der Waals surface area (Å²) in [5.74, 6) is 1.57. The Bertz CT molecular complexity index is 1030. The Hall–Kier alpha value is -3.24. The number of phenolic OH excluding ortho intramolecular Hbond substituents is 1. The van der Waals surface area contributed by atoms with Crippen LogP contribution in [0.1, 0.15) is 5.56 Å². The molecular weight excluding hydrogens is 352 g/mol. The molecule has 0 heterocycles. The van der Waals surface area contributed by atoms with Crippen LogP contribution in [0.15, 0.2) is 72.8 Å². The molecule has 0 aromatic heterocycles. The Balaban J connectivity index is 1.35. The van der Waals surface area contributed by atoms with E-state index in [0.717, 1.165) is 27.3 Å². The lowest BCUT2D eigenvalue weighted by Gasteiger charge is -2.14. The normalized spacial score (nSPS) is 12.2. The van der Waals surface area contributed by atoms with Crippen LogP contribution in [-0.2, 0) is 0 Å². The third kappa shape index (κ3) is 4.18. The zero-order valence-corrected chi connectivity index (χ0v) is 15.6. The molecule has 4 heteroatoms. The van der Waals surface area contributed by atoms with Crippen molar-refractivity contribution < 1.29 is 19.7 Å². The summed E-state index contributed by atoms with van der Waals surface area (Å²) in [5, 5.41) is 24.0. The number of aryl methyl sites for hydroxylation is 1. The highest BCUT2D eigenvalue weighted by atomic mass is 16.5. The van der Waals surface area contributed by atoms with E-state index >= 15 is 0 Å². The van der Waals surface area contributed by atoms with E-state index in [2.05, 4.69) is 25.1 Å². The van der Waals surface area contributed by atoms with Crippen molar-refractivity contribution in [3.63, 3.8) is 0 Å². The van der Waals surface area contributed by atoms with E-state index in [0.29, 0.717) is 5.75 Å².